The highest BCUT2D eigenvalue weighted by Crippen LogP contribution is 2.27. The summed E-state index contributed by atoms with van der Waals surface area (Å²) in [5.74, 6) is 2.54. The Morgan fingerprint density at radius 2 is 1.55 bits per heavy atom. The molecule has 3 heteroatoms. The molecule has 1 atom stereocenters. The van der Waals surface area contributed by atoms with Gasteiger partial charge in [0.05, 0.1) is 0 Å². The van der Waals surface area contributed by atoms with Crippen molar-refractivity contribution in [2.45, 2.75) is 18.9 Å². The third-order valence-corrected chi connectivity index (χ3v) is 3.50. The molecule has 1 N–H and O–H groups in total. The summed E-state index contributed by atoms with van der Waals surface area (Å²) in [6.07, 6.45) is 1.04. The molecule has 20 heavy (non-hydrogen) atoms. The van der Waals surface area contributed by atoms with Crippen molar-refractivity contribution in [2.24, 2.45) is 0 Å². The lowest BCUT2D eigenvalue weighted by Gasteiger charge is -2.24. The molecule has 0 saturated carbocycles. The van der Waals surface area contributed by atoms with E-state index >= 15 is 0 Å². The Hall–Kier alpha value is -2.00. The van der Waals surface area contributed by atoms with Crippen LogP contribution >= 0.6 is 0 Å². The number of nitrogens with one attached hydrogen (secondary N) is 1. The zero-order valence-corrected chi connectivity index (χ0v) is 11.6. The summed E-state index contributed by atoms with van der Waals surface area (Å²) in [6.45, 7) is 4.06. The Morgan fingerprint density at radius 3 is 2.20 bits per heavy atom. The molecule has 0 bridgehead atoms. The van der Waals surface area contributed by atoms with Gasteiger partial charge in [-0.3, -0.25) is 0 Å². The highest BCUT2D eigenvalue weighted by atomic mass is 16.5. The summed E-state index contributed by atoms with van der Waals surface area (Å²) in [7, 11) is 0. The van der Waals surface area contributed by atoms with Crippen molar-refractivity contribution in [3.05, 3.63) is 54.6 Å². The van der Waals surface area contributed by atoms with Crippen LogP contribution in [0.15, 0.2) is 54.6 Å². The van der Waals surface area contributed by atoms with Crippen LogP contribution in [0.25, 0.3) is 0 Å². The average molecular weight is 269 g/mol. The first-order valence-electron chi connectivity index (χ1n) is 6.96. The number of benzene rings is 2. The monoisotopic (exact) mass is 269 g/mol. The number of para-hydroxylation sites is 1. The van der Waals surface area contributed by atoms with Crippen LogP contribution in [0.4, 0.5) is 0 Å². The van der Waals surface area contributed by atoms with Crippen LogP contribution in [0.1, 0.15) is 13.3 Å². The van der Waals surface area contributed by atoms with E-state index in [1.54, 1.807) is 0 Å². The Labute approximate surface area is 119 Å². The van der Waals surface area contributed by atoms with Crippen molar-refractivity contribution < 1.29 is 9.47 Å². The molecule has 2 aromatic carbocycles. The van der Waals surface area contributed by atoms with Gasteiger partial charge in [-0.2, -0.15) is 0 Å². The van der Waals surface area contributed by atoms with Gasteiger partial charge in [-0.1, -0.05) is 18.2 Å². The highest BCUT2D eigenvalue weighted by Gasteiger charge is 2.30. The van der Waals surface area contributed by atoms with Gasteiger partial charge in [0.2, 0.25) is 0 Å². The van der Waals surface area contributed by atoms with Gasteiger partial charge in [0.25, 0.3) is 0 Å². The third-order valence-electron chi connectivity index (χ3n) is 3.50. The standard InChI is InChI=1S/C17H19NO2/c1-17(11-12-18-13-17)20-16-9-7-15(8-10-16)19-14-5-3-2-4-6-14/h2-10,18H,11-13H2,1H3. The molecule has 3 rings (SSSR count). The summed E-state index contributed by atoms with van der Waals surface area (Å²) in [5.41, 5.74) is -0.0954. The lowest BCUT2D eigenvalue weighted by molar-refractivity contribution is 0.111. The van der Waals surface area contributed by atoms with Gasteiger partial charge in [0.1, 0.15) is 22.8 Å². The van der Waals surface area contributed by atoms with Gasteiger partial charge >= 0.3 is 0 Å². The van der Waals surface area contributed by atoms with Crippen LogP contribution in [-0.2, 0) is 0 Å². The van der Waals surface area contributed by atoms with Crippen LogP contribution in [0, 0.1) is 0 Å². The number of hydrogen-bond acceptors (Lipinski definition) is 3. The van der Waals surface area contributed by atoms with Gasteiger partial charge in [0.15, 0.2) is 0 Å². The second-order valence-corrected chi connectivity index (χ2v) is 5.37. The minimum Gasteiger partial charge on any atom is -0.486 e. The van der Waals surface area contributed by atoms with Crippen molar-refractivity contribution in [3.63, 3.8) is 0 Å². The average Bonchev–Trinajstić information content (AvgIpc) is 2.89. The van der Waals surface area contributed by atoms with E-state index < -0.39 is 0 Å². The van der Waals surface area contributed by atoms with Crippen LogP contribution < -0.4 is 14.8 Å². The van der Waals surface area contributed by atoms with E-state index in [9.17, 15) is 0 Å². The minimum atomic E-state index is -0.0954. The maximum atomic E-state index is 6.05. The fourth-order valence-corrected chi connectivity index (χ4v) is 2.37. The molecule has 0 aliphatic carbocycles. The lowest BCUT2D eigenvalue weighted by atomic mass is 10.1. The van der Waals surface area contributed by atoms with Crippen LogP contribution in [-0.4, -0.2) is 18.7 Å². The molecule has 2 aromatic rings. The zero-order valence-electron chi connectivity index (χ0n) is 11.6. The molecule has 0 radical (unpaired) electrons. The molecule has 0 aromatic heterocycles. The summed E-state index contributed by atoms with van der Waals surface area (Å²) < 4.78 is 11.8. The minimum absolute atomic E-state index is 0.0954. The second-order valence-electron chi connectivity index (χ2n) is 5.37. The molecule has 1 saturated heterocycles. The summed E-state index contributed by atoms with van der Waals surface area (Å²) >= 11 is 0. The summed E-state index contributed by atoms with van der Waals surface area (Å²) in [5, 5.41) is 3.33. The Morgan fingerprint density at radius 1 is 0.900 bits per heavy atom. The maximum Gasteiger partial charge on any atom is 0.127 e. The van der Waals surface area contributed by atoms with Gasteiger partial charge < -0.3 is 14.8 Å². The zero-order chi connectivity index (χ0) is 13.8. The van der Waals surface area contributed by atoms with E-state index in [-0.39, 0.29) is 5.60 Å². The molecule has 3 nitrogen and oxygen atoms in total. The molecular formula is C17H19NO2. The van der Waals surface area contributed by atoms with Crippen molar-refractivity contribution in [2.75, 3.05) is 13.1 Å². The fourth-order valence-electron chi connectivity index (χ4n) is 2.37. The van der Waals surface area contributed by atoms with Crippen LogP contribution in [0.5, 0.6) is 17.2 Å². The normalized spacial score (nSPS) is 21.6. The van der Waals surface area contributed by atoms with E-state index in [0.29, 0.717) is 0 Å². The fraction of sp³-hybridized carbons (Fsp3) is 0.294. The topological polar surface area (TPSA) is 30.5 Å². The SMILES string of the molecule is CC1(Oc2ccc(Oc3ccccc3)cc2)CCNC1. The van der Waals surface area contributed by atoms with E-state index in [4.69, 9.17) is 9.47 Å². The Kier molecular flexibility index (Phi) is 3.61. The van der Waals surface area contributed by atoms with E-state index in [2.05, 4.69) is 12.2 Å². The quantitative estimate of drug-likeness (QED) is 0.919. The smallest absolute Gasteiger partial charge is 0.127 e. The first-order chi connectivity index (χ1) is 9.73. The predicted octanol–water partition coefficient (Wildman–Crippen LogP) is 3.61. The molecule has 1 aliphatic rings. The molecule has 0 amide bonds. The first-order valence-corrected chi connectivity index (χ1v) is 6.96. The van der Waals surface area contributed by atoms with Gasteiger partial charge in [-0.25, -0.2) is 0 Å². The molecule has 0 spiro atoms. The second kappa shape index (κ2) is 5.55. The number of ether oxygens (including phenoxy) is 2. The third kappa shape index (κ3) is 3.11. The van der Waals surface area contributed by atoms with Crippen molar-refractivity contribution in [1.82, 2.24) is 5.32 Å². The van der Waals surface area contributed by atoms with E-state index in [0.717, 1.165) is 36.8 Å². The van der Waals surface area contributed by atoms with E-state index in [1.807, 2.05) is 54.6 Å². The molecular weight excluding hydrogens is 250 g/mol. The molecule has 104 valence electrons. The molecule has 1 aliphatic heterocycles. The lowest BCUT2D eigenvalue weighted by Crippen LogP contribution is -2.34. The molecule has 1 heterocycles. The van der Waals surface area contributed by atoms with Crippen molar-refractivity contribution in [1.29, 1.82) is 0 Å². The largest absolute Gasteiger partial charge is 0.486 e. The van der Waals surface area contributed by atoms with Crippen LogP contribution in [0.2, 0.25) is 0 Å². The van der Waals surface area contributed by atoms with E-state index in [1.165, 1.54) is 0 Å². The summed E-state index contributed by atoms with van der Waals surface area (Å²) in [4.78, 5) is 0. The number of rotatable bonds is 4. The Balaban J connectivity index is 1.65. The summed E-state index contributed by atoms with van der Waals surface area (Å²) in [6, 6.07) is 17.6. The van der Waals surface area contributed by atoms with Crippen molar-refractivity contribution in [3.8, 4) is 17.2 Å². The first kappa shape index (κ1) is 13.0. The van der Waals surface area contributed by atoms with Crippen LogP contribution in [0.3, 0.4) is 0 Å². The predicted molar refractivity (Wildman–Crippen MR) is 79.5 cm³/mol. The highest BCUT2D eigenvalue weighted by molar-refractivity contribution is 5.35. The number of hydrogen-bond donors (Lipinski definition) is 1. The maximum absolute atomic E-state index is 6.05. The molecule has 1 fully saturated rings. The van der Waals surface area contributed by atoms with Gasteiger partial charge in [0, 0.05) is 13.0 Å². The van der Waals surface area contributed by atoms with Crippen molar-refractivity contribution >= 4 is 0 Å². The van der Waals surface area contributed by atoms with Gasteiger partial charge in [-0.05, 0) is 49.9 Å². The Bertz CT molecular complexity index is 545. The molecule has 1 unspecified atom stereocenters. The van der Waals surface area contributed by atoms with Gasteiger partial charge in [-0.15, -0.1) is 0 Å².